The van der Waals surface area contributed by atoms with Crippen LogP contribution in [0.1, 0.15) is 0 Å². The van der Waals surface area contributed by atoms with Crippen LogP contribution in [-0.2, 0) is 4.74 Å². The summed E-state index contributed by atoms with van der Waals surface area (Å²) in [7, 11) is 0. The van der Waals surface area contributed by atoms with Gasteiger partial charge in [-0.3, -0.25) is 4.90 Å². The summed E-state index contributed by atoms with van der Waals surface area (Å²) < 4.78 is 9.59. The molecular formula is C6H6N2O2. The van der Waals surface area contributed by atoms with Gasteiger partial charge in [-0.25, -0.2) is 0 Å². The van der Waals surface area contributed by atoms with Crippen LogP contribution in [0.2, 0.25) is 0 Å². The smallest absolute Gasteiger partial charge is 0.178 e. The Labute approximate surface area is 57.7 Å². The third-order valence-electron chi connectivity index (χ3n) is 1.27. The van der Waals surface area contributed by atoms with Crippen LogP contribution in [0, 0.1) is 0 Å². The molecule has 0 bridgehead atoms. The van der Waals surface area contributed by atoms with Gasteiger partial charge in [-0.05, 0) is 0 Å². The molecule has 4 heteroatoms. The first-order valence-electron chi connectivity index (χ1n) is 2.92. The van der Waals surface area contributed by atoms with Gasteiger partial charge in [0.25, 0.3) is 0 Å². The van der Waals surface area contributed by atoms with Crippen molar-refractivity contribution in [3.05, 3.63) is 24.8 Å². The lowest BCUT2D eigenvalue weighted by molar-refractivity contribution is 0.280. The molecule has 0 amide bonds. The van der Waals surface area contributed by atoms with Crippen molar-refractivity contribution < 1.29 is 9.26 Å². The lowest BCUT2D eigenvalue weighted by Crippen LogP contribution is -2.12. The lowest BCUT2D eigenvalue weighted by Gasteiger charge is -2.06. The fraction of sp³-hybridized carbons (Fsp3) is 0.167. The Balaban J connectivity index is 2.20. The number of nitrogens with zero attached hydrogens (tertiary/aromatic N) is 2. The highest BCUT2D eigenvalue weighted by Crippen LogP contribution is 2.13. The van der Waals surface area contributed by atoms with E-state index in [2.05, 4.69) is 9.68 Å². The summed E-state index contributed by atoms with van der Waals surface area (Å²) in [6.45, 7) is 0.520. The molecule has 0 N–H and O–H groups in total. The zero-order valence-corrected chi connectivity index (χ0v) is 5.23. The third-order valence-corrected chi connectivity index (χ3v) is 1.27. The summed E-state index contributed by atoms with van der Waals surface area (Å²) in [5.74, 6) is 0.772. The van der Waals surface area contributed by atoms with E-state index in [1.807, 2.05) is 4.90 Å². The van der Waals surface area contributed by atoms with Crippen LogP contribution in [0.15, 0.2) is 29.3 Å². The van der Waals surface area contributed by atoms with E-state index in [0.717, 1.165) is 5.82 Å². The van der Waals surface area contributed by atoms with Gasteiger partial charge in [0.1, 0.15) is 12.5 Å². The third kappa shape index (κ3) is 0.737. The van der Waals surface area contributed by atoms with Crippen molar-refractivity contribution in [1.82, 2.24) is 5.16 Å². The van der Waals surface area contributed by atoms with E-state index in [9.17, 15) is 0 Å². The van der Waals surface area contributed by atoms with Gasteiger partial charge in [0.05, 0.1) is 0 Å². The molecule has 0 aliphatic carbocycles. The standard InChI is InChI=1S/C6H6N2O2/c1-3-10-7-6(1)8-2-4-9-5-8/h1-4H,5H2. The highest BCUT2D eigenvalue weighted by Gasteiger charge is 2.09. The zero-order chi connectivity index (χ0) is 6.81. The van der Waals surface area contributed by atoms with Gasteiger partial charge < -0.3 is 9.26 Å². The van der Waals surface area contributed by atoms with Crippen molar-refractivity contribution in [1.29, 1.82) is 0 Å². The minimum absolute atomic E-state index is 0.520. The topological polar surface area (TPSA) is 38.5 Å². The maximum Gasteiger partial charge on any atom is 0.178 e. The first-order valence-corrected chi connectivity index (χ1v) is 2.92. The van der Waals surface area contributed by atoms with E-state index in [1.165, 1.54) is 6.26 Å². The van der Waals surface area contributed by atoms with E-state index in [4.69, 9.17) is 4.74 Å². The summed E-state index contributed by atoms with van der Waals surface area (Å²) in [5.41, 5.74) is 0. The highest BCUT2D eigenvalue weighted by atomic mass is 16.5. The second-order valence-corrected chi connectivity index (χ2v) is 1.91. The molecule has 0 unspecified atom stereocenters. The van der Waals surface area contributed by atoms with E-state index in [1.54, 1.807) is 18.5 Å². The van der Waals surface area contributed by atoms with Crippen LogP contribution in [0.3, 0.4) is 0 Å². The van der Waals surface area contributed by atoms with Gasteiger partial charge in [-0.15, -0.1) is 0 Å². The molecule has 10 heavy (non-hydrogen) atoms. The maximum absolute atomic E-state index is 4.94. The number of aromatic nitrogens is 1. The van der Waals surface area contributed by atoms with Crippen molar-refractivity contribution in [3.8, 4) is 0 Å². The van der Waals surface area contributed by atoms with Gasteiger partial charge in [0.2, 0.25) is 0 Å². The van der Waals surface area contributed by atoms with Crippen LogP contribution in [0.5, 0.6) is 0 Å². The molecule has 2 rings (SSSR count). The quantitative estimate of drug-likeness (QED) is 0.578. The predicted molar refractivity (Wildman–Crippen MR) is 34.1 cm³/mol. The zero-order valence-electron chi connectivity index (χ0n) is 5.23. The molecule has 1 aliphatic heterocycles. The number of rotatable bonds is 1. The average Bonchev–Trinajstić information content (AvgIpc) is 2.59. The SMILES string of the molecule is C1=CN(c2ccon2)CO1. The molecule has 0 radical (unpaired) electrons. The van der Waals surface area contributed by atoms with Gasteiger partial charge in [-0.2, -0.15) is 0 Å². The first-order chi connectivity index (χ1) is 4.97. The molecule has 0 spiro atoms. The molecule has 1 aliphatic rings. The Hall–Kier alpha value is -1.45. The van der Waals surface area contributed by atoms with Crippen LogP contribution in [0.4, 0.5) is 5.82 Å². The lowest BCUT2D eigenvalue weighted by atomic mass is 10.6. The van der Waals surface area contributed by atoms with Gasteiger partial charge >= 0.3 is 0 Å². The summed E-state index contributed by atoms with van der Waals surface area (Å²) in [5, 5.41) is 3.72. The molecule has 0 atom stereocenters. The summed E-state index contributed by atoms with van der Waals surface area (Å²) in [6, 6.07) is 1.78. The van der Waals surface area contributed by atoms with E-state index in [0.29, 0.717) is 6.73 Å². The predicted octanol–water partition coefficient (Wildman–Crippen LogP) is 0.940. The average molecular weight is 138 g/mol. The molecule has 0 saturated heterocycles. The number of anilines is 1. The molecule has 0 saturated carbocycles. The minimum Gasteiger partial charge on any atom is -0.479 e. The summed E-state index contributed by atoms with van der Waals surface area (Å²) >= 11 is 0. The van der Waals surface area contributed by atoms with Crippen LogP contribution >= 0.6 is 0 Å². The normalized spacial score (nSPS) is 15.8. The van der Waals surface area contributed by atoms with Crippen LogP contribution in [0.25, 0.3) is 0 Å². The Morgan fingerprint density at radius 2 is 2.60 bits per heavy atom. The number of hydrogen-bond acceptors (Lipinski definition) is 4. The van der Waals surface area contributed by atoms with Gasteiger partial charge in [0.15, 0.2) is 12.5 Å². The fourth-order valence-corrected chi connectivity index (χ4v) is 0.780. The Morgan fingerprint density at radius 1 is 1.60 bits per heavy atom. The molecule has 0 aromatic carbocycles. The van der Waals surface area contributed by atoms with Crippen molar-refractivity contribution in [3.63, 3.8) is 0 Å². The monoisotopic (exact) mass is 138 g/mol. The maximum atomic E-state index is 4.94. The van der Waals surface area contributed by atoms with Crippen LogP contribution in [-0.4, -0.2) is 11.9 Å². The van der Waals surface area contributed by atoms with E-state index >= 15 is 0 Å². The molecule has 52 valence electrons. The van der Waals surface area contributed by atoms with Gasteiger partial charge in [0, 0.05) is 12.3 Å². The molecule has 1 aromatic rings. The van der Waals surface area contributed by atoms with Crippen molar-refractivity contribution in [2.24, 2.45) is 0 Å². The molecule has 0 fully saturated rings. The van der Waals surface area contributed by atoms with Crippen molar-refractivity contribution >= 4 is 5.82 Å². The summed E-state index contributed by atoms with van der Waals surface area (Å²) in [4.78, 5) is 1.84. The summed E-state index contributed by atoms with van der Waals surface area (Å²) in [6.07, 6.45) is 4.95. The molecule has 4 nitrogen and oxygen atoms in total. The Morgan fingerprint density at radius 3 is 3.20 bits per heavy atom. The van der Waals surface area contributed by atoms with E-state index in [-0.39, 0.29) is 0 Å². The Kier molecular flexibility index (Phi) is 1.10. The first kappa shape index (κ1) is 5.34. The number of ether oxygens (including phenoxy) is 1. The van der Waals surface area contributed by atoms with Crippen molar-refractivity contribution in [2.75, 3.05) is 11.6 Å². The van der Waals surface area contributed by atoms with E-state index < -0.39 is 0 Å². The molecule has 2 heterocycles. The Bertz CT molecular complexity index is 230. The second kappa shape index (κ2) is 2.06. The van der Waals surface area contributed by atoms with Crippen LogP contribution < -0.4 is 4.90 Å². The van der Waals surface area contributed by atoms with Gasteiger partial charge in [-0.1, -0.05) is 5.16 Å². The largest absolute Gasteiger partial charge is 0.479 e. The number of hydrogen-bond donors (Lipinski definition) is 0. The molecular weight excluding hydrogens is 132 g/mol. The second-order valence-electron chi connectivity index (χ2n) is 1.91. The highest BCUT2D eigenvalue weighted by molar-refractivity contribution is 5.39. The molecule has 1 aromatic heterocycles. The fourth-order valence-electron chi connectivity index (χ4n) is 0.780. The minimum atomic E-state index is 0.520. The van der Waals surface area contributed by atoms with Crippen molar-refractivity contribution in [2.45, 2.75) is 0 Å².